The van der Waals surface area contributed by atoms with E-state index in [2.05, 4.69) is 19.9 Å². The minimum Gasteiger partial charge on any atom is -0.495 e. The molecule has 3 saturated carbocycles. The van der Waals surface area contributed by atoms with Gasteiger partial charge in [0.1, 0.15) is 5.60 Å². The number of aliphatic hydroxyl groups is 1. The highest BCUT2D eigenvalue weighted by Crippen LogP contribution is 2.62. The van der Waals surface area contributed by atoms with E-state index in [0.29, 0.717) is 11.3 Å². The van der Waals surface area contributed by atoms with Crippen LogP contribution < -0.4 is 0 Å². The lowest BCUT2D eigenvalue weighted by Crippen LogP contribution is -2.57. The largest absolute Gasteiger partial charge is 0.495 e. The highest BCUT2D eigenvalue weighted by Gasteiger charge is 2.57. The van der Waals surface area contributed by atoms with Crippen LogP contribution in [0.25, 0.3) is 0 Å². The third-order valence-electron chi connectivity index (χ3n) is 7.79. The maximum Gasteiger partial charge on any atom is 0.109 e. The summed E-state index contributed by atoms with van der Waals surface area (Å²) in [4.78, 5) is 0. The van der Waals surface area contributed by atoms with E-state index in [9.17, 15) is 5.11 Å². The van der Waals surface area contributed by atoms with Gasteiger partial charge in [0.15, 0.2) is 0 Å². The van der Waals surface area contributed by atoms with Crippen LogP contribution in [0.4, 0.5) is 0 Å². The van der Waals surface area contributed by atoms with Crippen LogP contribution in [-0.2, 0) is 4.74 Å². The molecule has 4 aliphatic rings. The molecule has 0 aromatic rings. The fourth-order valence-electron chi connectivity index (χ4n) is 6.50. The van der Waals surface area contributed by atoms with Gasteiger partial charge in [0.25, 0.3) is 0 Å². The van der Waals surface area contributed by atoms with Gasteiger partial charge in [-0.25, -0.2) is 0 Å². The molecule has 21 heavy (non-hydrogen) atoms. The van der Waals surface area contributed by atoms with Crippen LogP contribution in [-0.4, -0.2) is 16.8 Å². The van der Waals surface area contributed by atoms with E-state index in [1.165, 1.54) is 38.5 Å². The standard InChI is InChI=1S/C19H30O2/c1-18-9-7-14(20)12-13(18)5-6-15-16(18)8-10-19(2)17(15)4-3-11-21-19/h3,11,13-17,20H,4-10,12H2,1-2H3/t13-,14+,15+,16-,17+,18+,19+/m0/s1. The average molecular weight is 290 g/mol. The Kier molecular flexibility index (Phi) is 3.19. The predicted octanol–water partition coefficient (Wildman–Crippen LogP) is 4.28. The summed E-state index contributed by atoms with van der Waals surface area (Å²) in [7, 11) is 0. The van der Waals surface area contributed by atoms with Gasteiger partial charge in [0.05, 0.1) is 12.4 Å². The Labute approximate surface area is 129 Å². The zero-order valence-electron chi connectivity index (χ0n) is 13.6. The van der Waals surface area contributed by atoms with Crippen LogP contribution >= 0.6 is 0 Å². The molecule has 2 heteroatoms. The third-order valence-corrected chi connectivity index (χ3v) is 7.79. The summed E-state index contributed by atoms with van der Waals surface area (Å²) in [6.07, 6.45) is 13.9. The first-order valence-corrected chi connectivity index (χ1v) is 9.04. The van der Waals surface area contributed by atoms with Crippen molar-refractivity contribution in [3.8, 4) is 0 Å². The topological polar surface area (TPSA) is 29.5 Å². The zero-order valence-corrected chi connectivity index (χ0v) is 13.6. The zero-order chi connectivity index (χ0) is 14.7. The van der Waals surface area contributed by atoms with Gasteiger partial charge in [-0.2, -0.15) is 0 Å². The van der Waals surface area contributed by atoms with Crippen molar-refractivity contribution in [2.24, 2.45) is 29.1 Å². The number of hydrogen-bond donors (Lipinski definition) is 1. The van der Waals surface area contributed by atoms with E-state index in [1.807, 2.05) is 6.26 Å². The van der Waals surface area contributed by atoms with Gasteiger partial charge in [-0.05, 0) is 87.5 Å². The Balaban J connectivity index is 1.63. The van der Waals surface area contributed by atoms with E-state index in [4.69, 9.17) is 4.74 Å². The molecule has 0 radical (unpaired) electrons. The minimum absolute atomic E-state index is 0.0329. The molecular weight excluding hydrogens is 260 g/mol. The first kappa shape index (κ1) is 14.1. The van der Waals surface area contributed by atoms with E-state index in [0.717, 1.165) is 30.6 Å². The average Bonchev–Trinajstić information content (AvgIpc) is 2.47. The van der Waals surface area contributed by atoms with Crippen molar-refractivity contribution >= 4 is 0 Å². The lowest BCUT2D eigenvalue weighted by Gasteiger charge is -2.61. The molecule has 0 amide bonds. The van der Waals surface area contributed by atoms with Crippen LogP contribution in [0.15, 0.2) is 12.3 Å². The van der Waals surface area contributed by atoms with Crippen LogP contribution in [0.5, 0.6) is 0 Å². The molecule has 0 saturated heterocycles. The first-order chi connectivity index (χ1) is 10.0. The Morgan fingerprint density at radius 1 is 1.05 bits per heavy atom. The highest BCUT2D eigenvalue weighted by atomic mass is 16.5. The second kappa shape index (κ2) is 4.75. The van der Waals surface area contributed by atoms with Crippen molar-refractivity contribution in [3.05, 3.63) is 12.3 Å². The van der Waals surface area contributed by atoms with Gasteiger partial charge in [-0.1, -0.05) is 6.92 Å². The van der Waals surface area contributed by atoms with E-state index in [-0.39, 0.29) is 11.7 Å². The summed E-state index contributed by atoms with van der Waals surface area (Å²) in [5.41, 5.74) is 0.567. The number of hydrogen-bond acceptors (Lipinski definition) is 2. The van der Waals surface area contributed by atoms with E-state index in [1.54, 1.807) is 0 Å². The molecular formula is C19H30O2. The lowest BCUT2D eigenvalue weighted by molar-refractivity contribution is -0.161. The quantitative estimate of drug-likeness (QED) is 0.721. The number of rotatable bonds is 0. The Morgan fingerprint density at radius 2 is 1.90 bits per heavy atom. The molecule has 0 aromatic carbocycles. The second-order valence-electron chi connectivity index (χ2n) is 8.66. The third kappa shape index (κ3) is 2.01. The van der Waals surface area contributed by atoms with Gasteiger partial charge in [-0.15, -0.1) is 0 Å². The summed E-state index contributed by atoms with van der Waals surface area (Å²) >= 11 is 0. The summed E-state index contributed by atoms with van der Waals surface area (Å²) in [5, 5.41) is 10.1. The summed E-state index contributed by atoms with van der Waals surface area (Å²) in [6.45, 7) is 4.89. The number of allylic oxidation sites excluding steroid dienone is 1. The number of aliphatic hydroxyl groups excluding tert-OH is 1. The molecule has 1 N–H and O–H groups in total. The minimum atomic E-state index is -0.0329. The maximum atomic E-state index is 10.1. The molecule has 3 aliphatic carbocycles. The summed E-state index contributed by atoms with van der Waals surface area (Å²) < 4.78 is 6.08. The Hall–Kier alpha value is -0.500. The SMILES string of the molecule is C[C@@]12CC[C@@H](O)C[C@@H]1CC[C@H]1[C@H]3CC=CO[C@]3(C)CC[C@@H]12. The van der Waals surface area contributed by atoms with Crippen LogP contribution in [0.3, 0.4) is 0 Å². The Morgan fingerprint density at radius 3 is 2.76 bits per heavy atom. The van der Waals surface area contributed by atoms with Gasteiger partial charge in [0, 0.05) is 5.92 Å². The molecule has 7 atom stereocenters. The molecule has 2 nitrogen and oxygen atoms in total. The molecule has 118 valence electrons. The number of fused-ring (bicyclic) bond motifs is 5. The summed E-state index contributed by atoms with van der Waals surface area (Å²) in [5.74, 6) is 3.17. The van der Waals surface area contributed by atoms with Crippen LogP contribution in [0.2, 0.25) is 0 Å². The summed E-state index contributed by atoms with van der Waals surface area (Å²) in [6, 6.07) is 0. The van der Waals surface area contributed by atoms with Crippen molar-refractivity contribution < 1.29 is 9.84 Å². The van der Waals surface area contributed by atoms with Gasteiger partial charge in [0.2, 0.25) is 0 Å². The van der Waals surface area contributed by atoms with Crippen molar-refractivity contribution in [2.45, 2.75) is 76.9 Å². The van der Waals surface area contributed by atoms with Crippen molar-refractivity contribution in [3.63, 3.8) is 0 Å². The molecule has 1 heterocycles. The molecule has 4 rings (SSSR count). The first-order valence-electron chi connectivity index (χ1n) is 9.04. The molecule has 3 fully saturated rings. The van der Waals surface area contributed by atoms with Gasteiger partial charge >= 0.3 is 0 Å². The van der Waals surface area contributed by atoms with Crippen LogP contribution in [0.1, 0.15) is 65.2 Å². The van der Waals surface area contributed by atoms with Crippen LogP contribution in [0, 0.1) is 29.1 Å². The predicted molar refractivity (Wildman–Crippen MR) is 83.6 cm³/mol. The molecule has 0 spiro atoms. The fourth-order valence-corrected chi connectivity index (χ4v) is 6.50. The monoisotopic (exact) mass is 290 g/mol. The Bertz CT molecular complexity index is 445. The lowest BCUT2D eigenvalue weighted by atomic mass is 9.46. The normalized spacial score (nSPS) is 55.9. The van der Waals surface area contributed by atoms with Crippen molar-refractivity contribution in [1.29, 1.82) is 0 Å². The van der Waals surface area contributed by atoms with Gasteiger partial charge in [-0.3, -0.25) is 0 Å². The van der Waals surface area contributed by atoms with Crippen molar-refractivity contribution in [2.75, 3.05) is 0 Å². The molecule has 0 bridgehead atoms. The molecule has 0 aromatic heterocycles. The maximum absolute atomic E-state index is 10.1. The smallest absolute Gasteiger partial charge is 0.109 e. The van der Waals surface area contributed by atoms with Crippen molar-refractivity contribution in [1.82, 2.24) is 0 Å². The fraction of sp³-hybridized carbons (Fsp3) is 0.895. The molecule has 0 unspecified atom stereocenters. The van der Waals surface area contributed by atoms with Gasteiger partial charge < -0.3 is 9.84 Å². The highest BCUT2D eigenvalue weighted by molar-refractivity contribution is 5.09. The van der Waals surface area contributed by atoms with E-state index >= 15 is 0 Å². The molecule has 1 aliphatic heterocycles. The number of ether oxygens (including phenoxy) is 1. The second-order valence-corrected chi connectivity index (χ2v) is 8.66. The van der Waals surface area contributed by atoms with E-state index < -0.39 is 0 Å².